The van der Waals surface area contributed by atoms with Gasteiger partial charge >= 0.3 is 0 Å². The zero-order chi connectivity index (χ0) is 13.4. The van der Waals surface area contributed by atoms with Crippen molar-refractivity contribution < 1.29 is 4.92 Å². The van der Waals surface area contributed by atoms with E-state index in [1.165, 1.54) is 18.4 Å². The first-order chi connectivity index (χ1) is 8.61. The van der Waals surface area contributed by atoms with E-state index in [1.807, 2.05) is 5.38 Å². The molecular formula is C9H13ClN4O2S2. The van der Waals surface area contributed by atoms with Crippen molar-refractivity contribution in [3.05, 3.63) is 25.7 Å². The predicted molar refractivity (Wildman–Crippen MR) is 76.5 cm³/mol. The van der Waals surface area contributed by atoms with E-state index in [9.17, 15) is 10.1 Å². The van der Waals surface area contributed by atoms with Crippen molar-refractivity contribution >= 4 is 40.5 Å². The molecule has 0 spiro atoms. The molecule has 6 nitrogen and oxygen atoms in total. The summed E-state index contributed by atoms with van der Waals surface area (Å²) in [6, 6.07) is 0. The number of amidine groups is 1. The maximum atomic E-state index is 10.3. The number of thiazole rings is 1. The average molecular weight is 309 g/mol. The second-order valence-corrected chi connectivity index (χ2v) is 5.78. The van der Waals surface area contributed by atoms with Crippen LogP contribution in [0.3, 0.4) is 0 Å². The highest BCUT2D eigenvalue weighted by molar-refractivity contribution is 7.98. The van der Waals surface area contributed by atoms with E-state index in [-0.39, 0.29) is 6.54 Å². The second kappa shape index (κ2) is 8.28. The van der Waals surface area contributed by atoms with Gasteiger partial charge < -0.3 is 5.32 Å². The number of nitrogens with zero attached hydrogens (tertiary/aromatic N) is 3. The summed E-state index contributed by atoms with van der Waals surface area (Å²) in [5.74, 6) is 2.02. The molecule has 0 aliphatic carbocycles. The van der Waals surface area contributed by atoms with Crippen molar-refractivity contribution in [2.45, 2.75) is 5.75 Å². The molecule has 0 unspecified atom stereocenters. The van der Waals surface area contributed by atoms with Gasteiger partial charge in [0, 0.05) is 35.4 Å². The molecule has 18 heavy (non-hydrogen) atoms. The lowest BCUT2D eigenvalue weighted by Crippen LogP contribution is -2.31. The van der Waals surface area contributed by atoms with Crippen molar-refractivity contribution in [2.24, 2.45) is 4.99 Å². The van der Waals surface area contributed by atoms with Crippen LogP contribution in [-0.2, 0) is 5.75 Å². The summed E-state index contributed by atoms with van der Waals surface area (Å²) < 4.78 is 0.551. The van der Waals surface area contributed by atoms with Crippen LogP contribution in [-0.4, -0.2) is 41.6 Å². The lowest BCUT2D eigenvalue weighted by atomic mass is 10.5. The second-order valence-electron chi connectivity index (χ2n) is 3.23. The smallest absolute Gasteiger partial charge is 0.259 e. The van der Waals surface area contributed by atoms with Crippen LogP contribution < -0.4 is 5.32 Å². The summed E-state index contributed by atoms with van der Waals surface area (Å²) in [5, 5.41) is 15.2. The van der Waals surface area contributed by atoms with Gasteiger partial charge in [0.15, 0.2) is 10.3 Å². The lowest BCUT2D eigenvalue weighted by molar-refractivity contribution is -0.463. The van der Waals surface area contributed by atoms with Gasteiger partial charge in [-0.1, -0.05) is 11.6 Å². The van der Waals surface area contributed by atoms with Gasteiger partial charge in [-0.3, -0.25) is 15.1 Å². The number of aromatic nitrogens is 1. The first-order valence-corrected chi connectivity index (χ1v) is 7.52. The van der Waals surface area contributed by atoms with Crippen molar-refractivity contribution in [3.63, 3.8) is 0 Å². The van der Waals surface area contributed by atoms with Crippen LogP contribution in [0.4, 0.5) is 0 Å². The molecule has 0 saturated carbocycles. The molecule has 1 heterocycles. The van der Waals surface area contributed by atoms with E-state index in [0.717, 1.165) is 17.2 Å². The SMILES string of the molecule is CN=C(C[N+](=O)[O-])NCCSCc1csc(Cl)n1. The molecule has 1 N–H and O–H groups in total. The third-order valence-corrected chi connectivity index (χ3v) is 3.92. The van der Waals surface area contributed by atoms with Crippen LogP contribution in [0.1, 0.15) is 5.69 Å². The van der Waals surface area contributed by atoms with Crippen LogP contribution >= 0.6 is 34.7 Å². The Bertz CT molecular complexity index is 424. The highest BCUT2D eigenvalue weighted by atomic mass is 35.5. The van der Waals surface area contributed by atoms with Crippen molar-refractivity contribution in [2.75, 3.05) is 25.9 Å². The molecule has 0 amide bonds. The minimum Gasteiger partial charge on any atom is -0.368 e. The molecule has 0 aliphatic heterocycles. The first kappa shape index (κ1) is 15.2. The minimum atomic E-state index is -0.403. The maximum absolute atomic E-state index is 10.3. The molecule has 0 aromatic carbocycles. The molecule has 1 aromatic heterocycles. The third-order valence-electron chi connectivity index (χ3n) is 1.90. The highest BCUT2D eigenvalue weighted by Crippen LogP contribution is 2.18. The Kier molecular flexibility index (Phi) is 6.99. The molecule has 0 bridgehead atoms. The molecule has 0 radical (unpaired) electrons. The Morgan fingerprint density at radius 2 is 2.56 bits per heavy atom. The van der Waals surface area contributed by atoms with E-state index in [4.69, 9.17) is 11.6 Å². The molecule has 100 valence electrons. The van der Waals surface area contributed by atoms with Crippen molar-refractivity contribution in [3.8, 4) is 0 Å². The van der Waals surface area contributed by atoms with Crippen LogP contribution in [0.15, 0.2) is 10.4 Å². The number of hydrogen-bond donors (Lipinski definition) is 1. The van der Waals surface area contributed by atoms with Gasteiger partial charge in [0.05, 0.1) is 5.69 Å². The maximum Gasteiger partial charge on any atom is 0.259 e. The monoisotopic (exact) mass is 308 g/mol. The van der Waals surface area contributed by atoms with Gasteiger partial charge in [-0.15, -0.1) is 11.3 Å². The van der Waals surface area contributed by atoms with Crippen molar-refractivity contribution in [1.82, 2.24) is 10.3 Å². The number of rotatable bonds is 7. The molecule has 0 saturated heterocycles. The lowest BCUT2D eigenvalue weighted by Gasteiger charge is -2.05. The van der Waals surface area contributed by atoms with Crippen LogP contribution in [0.2, 0.25) is 4.47 Å². The minimum absolute atomic E-state index is 0.261. The summed E-state index contributed by atoms with van der Waals surface area (Å²) in [6.07, 6.45) is 0. The summed E-state index contributed by atoms with van der Waals surface area (Å²) in [4.78, 5) is 17.8. The first-order valence-electron chi connectivity index (χ1n) is 5.10. The van der Waals surface area contributed by atoms with Gasteiger partial charge in [0.2, 0.25) is 0 Å². The van der Waals surface area contributed by atoms with Gasteiger partial charge in [-0.05, 0) is 0 Å². The van der Waals surface area contributed by atoms with E-state index in [1.54, 1.807) is 11.8 Å². The van der Waals surface area contributed by atoms with Gasteiger partial charge in [0.25, 0.3) is 6.54 Å². The Morgan fingerprint density at radius 1 is 1.78 bits per heavy atom. The molecule has 1 rings (SSSR count). The number of hydrogen-bond acceptors (Lipinski definition) is 6. The Balaban J connectivity index is 2.13. The number of aliphatic imine (C=N–C) groups is 1. The predicted octanol–water partition coefficient (Wildman–Crippen LogP) is 1.92. The Morgan fingerprint density at radius 3 is 3.11 bits per heavy atom. The molecular weight excluding hydrogens is 296 g/mol. The summed E-state index contributed by atoms with van der Waals surface area (Å²) in [7, 11) is 1.54. The molecule has 1 aromatic rings. The quantitative estimate of drug-likeness (QED) is 0.274. The summed E-state index contributed by atoms with van der Waals surface area (Å²) >= 11 is 8.82. The van der Waals surface area contributed by atoms with Crippen molar-refractivity contribution in [1.29, 1.82) is 0 Å². The number of nitrogens with one attached hydrogen (secondary N) is 1. The van der Waals surface area contributed by atoms with Gasteiger partial charge in [-0.2, -0.15) is 11.8 Å². The van der Waals surface area contributed by atoms with Gasteiger partial charge in [0.1, 0.15) is 0 Å². The fourth-order valence-corrected chi connectivity index (χ4v) is 2.76. The molecule has 0 aliphatic rings. The number of nitro groups is 1. The molecule has 0 fully saturated rings. The van der Waals surface area contributed by atoms with E-state index in [2.05, 4.69) is 15.3 Å². The Labute approximate surface area is 118 Å². The standard InChI is InChI=1S/C9H13ClN4O2S2/c1-11-8(4-14(15)16)12-2-3-17-5-7-6-18-9(10)13-7/h6H,2-5H2,1H3,(H,11,12). The van der Waals surface area contributed by atoms with E-state index < -0.39 is 4.92 Å². The highest BCUT2D eigenvalue weighted by Gasteiger charge is 2.05. The van der Waals surface area contributed by atoms with E-state index >= 15 is 0 Å². The van der Waals surface area contributed by atoms with Crippen LogP contribution in [0, 0.1) is 10.1 Å². The summed E-state index contributed by atoms with van der Waals surface area (Å²) in [5.41, 5.74) is 0.963. The number of thioether (sulfide) groups is 1. The molecule has 0 atom stereocenters. The van der Waals surface area contributed by atoms with Crippen LogP contribution in [0.5, 0.6) is 0 Å². The normalized spacial score (nSPS) is 11.6. The fourth-order valence-electron chi connectivity index (χ4n) is 1.12. The molecule has 9 heteroatoms. The largest absolute Gasteiger partial charge is 0.368 e. The summed E-state index contributed by atoms with van der Waals surface area (Å²) in [6.45, 7) is 0.381. The van der Waals surface area contributed by atoms with Gasteiger partial charge in [-0.25, -0.2) is 4.98 Å². The van der Waals surface area contributed by atoms with E-state index in [0.29, 0.717) is 16.8 Å². The third kappa shape index (κ3) is 6.18. The topological polar surface area (TPSA) is 80.4 Å². The Hall–Kier alpha value is -0.860. The zero-order valence-electron chi connectivity index (χ0n) is 9.76. The average Bonchev–Trinajstić information content (AvgIpc) is 2.72. The number of halogens is 1. The zero-order valence-corrected chi connectivity index (χ0v) is 12.1. The fraction of sp³-hybridized carbons (Fsp3) is 0.556. The van der Waals surface area contributed by atoms with Crippen LogP contribution in [0.25, 0.3) is 0 Å².